The van der Waals surface area contributed by atoms with E-state index in [1.807, 2.05) is 13.8 Å². The summed E-state index contributed by atoms with van der Waals surface area (Å²) in [6.45, 7) is 6.87. The van der Waals surface area contributed by atoms with Crippen molar-refractivity contribution < 1.29 is 9.53 Å². The summed E-state index contributed by atoms with van der Waals surface area (Å²) in [5.74, 6) is 0. The maximum Gasteiger partial charge on any atom is 0.126 e. The van der Waals surface area contributed by atoms with Gasteiger partial charge in [0.25, 0.3) is 0 Å². The van der Waals surface area contributed by atoms with Gasteiger partial charge in [-0.2, -0.15) is 0 Å². The Kier molecular flexibility index (Phi) is 4.08. The second kappa shape index (κ2) is 4.89. The molecule has 1 unspecified atom stereocenters. The summed E-state index contributed by atoms with van der Waals surface area (Å²) in [6, 6.07) is 0. The molecule has 1 saturated heterocycles. The van der Waals surface area contributed by atoms with Crippen molar-refractivity contribution in [3.63, 3.8) is 0 Å². The SMILES string of the molecule is COC1CCCN(CC(C)(C)C=O)C1. The van der Waals surface area contributed by atoms with Crippen LogP contribution in [0.1, 0.15) is 26.7 Å². The van der Waals surface area contributed by atoms with Gasteiger partial charge in [-0.15, -0.1) is 0 Å². The molecule has 0 N–H and O–H groups in total. The molecule has 0 aromatic heterocycles. The van der Waals surface area contributed by atoms with E-state index in [4.69, 9.17) is 4.74 Å². The zero-order valence-electron chi connectivity index (χ0n) is 9.45. The Morgan fingerprint density at radius 3 is 2.86 bits per heavy atom. The highest BCUT2D eigenvalue weighted by molar-refractivity contribution is 5.58. The third-order valence-electron chi connectivity index (χ3n) is 2.75. The van der Waals surface area contributed by atoms with Gasteiger partial charge in [-0.05, 0) is 19.4 Å². The Balaban J connectivity index is 2.41. The maximum absolute atomic E-state index is 10.8. The first-order valence-electron chi connectivity index (χ1n) is 5.29. The van der Waals surface area contributed by atoms with E-state index >= 15 is 0 Å². The van der Waals surface area contributed by atoms with Gasteiger partial charge >= 0.3 is 0 Å². The summed E-state index contributed by atoms with van der Waals surface area (Å²) in [4.78, 5) is 13.1. The molecule has 1 heterocycles. The molecule has 0 spiro atoms. The minimum absolute atomic E-state index is 0.227. The highest BCUT2D eigenvalue weighted by Gasteiger charge is 2.25. The molecule has 1 atom stereocenters. The number of carbonyl (C=O) groups excluding carboxylic acids is 1. The van der Waals surface area contributed by atoms with Crippen molar-refractivity contribution >= 4 is 6.29 Å². The lowest BCUT2D eigenvalue weighted by Gasteiger charge is -2.35. The molecule has 0 aliphatic carbocycles. The Labute approximate surface area is 86.4 Å². The number of nitrogens with zero attached hydrogens (tertiary/aromatic N) is 1. The molecule has 1 rings (SSSR count). The fraction of sp³-hybridized carbons (Fsp3) is 0.909. The molecule has 82 valence electrons. The molecule has 0 radical (unpaired) electrons. The van der Waals surface area contributed by atoms with Crippen molar-refractivity contribution in [3.05, 3.63) is 0 Å². The van der Waals surface area contributed by atoms with Crippen LogP contribution in [-0.2, 0) is 9.53 Å². The number of aldehydes is 1. The molecule has 1 aliphatic heterocycles. The van der Waals surface area contributed by atoms with Gasteiger partial charge in [0.15, 0.2) is 0 Å². The van der Waals surface area contributed by atoms with Gasteiger partial charge in [0.2, 0.25) is 0 Å². The van der Waals surface area contributed by atoms with Crippen molar-refractivity contribution in [2.24, 2.45) is 5.41 Å². The molecule has 1 aliphatic rings. The van der Waals surface area contributed by atoms with Crippen LogP contribution in [0.25, 0.3) is 0 Å². The van der Waals surface area contributed by atoms with Gasteiger partial charge < -0.3 is 9.53 Å². The van der Waals surface area contributed by atoms with Gasteiger partial charge in [0, 0.05) is 25.6 Å². The first-order chi connectivity index (χ1) is 6.57. The fourth-order valence-corrected chi connectivity index (χ4v) is 1.96. The van der Waals surface area contributed by atoms with Crippen molar-refractivity contribution in [2.75, 3.05) is 26.7 Å². The predicted molar refractivity (Wildman–Crippen MR) is 56.3 cm³/mol. The summed E-state index contributed by atoms with van der Waals surface area (Å²) < 4.78 is 5.34. The third-order valence-corrected chi connectivity index (χ3v) is 2.75. The summed E-state index contributed by atoms with van der Waals surface area (Å²) in [5, 5.41) is 0. The van der Waals surface area contributed by atoms with Crippen LogP contribution in [0, 0.1) is 5.41 Å². The van der Waals surface area contributed by atoms with Crippen LogP contribution >= 0.6 is 0 Å². The first kappa shape index (κ1) is 11.7. The third kappa shape index (κ3) is 3.39. The van der Waals surface area contributed by atoms with Gasteiger partial charge in [-0.1, -0.05) is 13.8 Å². The van der Waals surface area contributed by atoms with Crippen molar-refractivity contribution in [3.8, 4) is 0 Å². The lowest BCUT2D eigenvalue weighted by molar-refractivity contribution is -0.116. The monoisotopic (exact) mass is 199 g/mol. The minimum Gasteiger partial charge on any atom is -0.380 e. The Bertz CT molecular complexity index is 192. The lowest BCUT2D eigenvalue weighted by Crippen LogP contribution is -2.44. The van der Waals surface area contributed by atoms with Crippen LogP contribution < -0.4 is 0 Å². The second-order valence-corrected chi connectivity index (χ2v) is 4.84. The number of likely N-dealkylation sites (tertiary alicyclic amines) is 1. The van der Waals surface area contributed by atoms with Crippen molar-refractivity contribution in [2.45, 2.75) is 32.8 Å². The van der Waals surface area contributed by atoms with Crippen LogP contribution in [0.5, 0.6) is 0 Å². The molecule has 3 nitrogen and oxygen atoms in total. The molecule has 0 bridgehead atoms. The van der Waals surface area contributed by atoms with Crippen LogP contribution in [0.4, 0.5) is 0 Å². The maximum atomic E-state index is 10.8. The first-order valence-corrected chi connectivity index (χ1v) is 5.29. The number of piperidine rings is 1. The van der Waals surface area contributed by atoms with Crippen molar-refractivity contribution in [1.82, 2.24) is 4.90 Å². The van der Waals surface area contributed by atoms with Crippen LogP contribution in [0.3, 0.4) is 0 Å². The van der Waals surface area contributed by atoms with Crippen molar-refractivity contribution in [1.29, 1.82) is 0 Å². The number of rotatable bonds is 4. The number of hydrogen-bond donors (Lipinski definition) is 0. The molecule has 0 saturated carbocycles. The number of ether oxygens (including phenoxy) is 1. The molecule has 0 aromatic carbocycles. The van der Waals surface area contributed by atoms with Gasteiger partial charge in [-0.25, -0.2) is 0 Å². The number of hydrogen-bond acceptors (Lipinski definition) is 3. The zero-order chi connectivity index (χ0) is 10.6. The van der Waals surface area contributed by atoms with E-state index in [-0.39, 0.29) is 5.41 Å². The summed E-state index contributed by atoms with van der Waals surface area (Å²) in [6.07, 6.45) is 3.72. The summed E-state index contributed by atoms with van der Waals surface area (Å²) in [7, 11) is 1.76. The Morgan fingerprint density at radius 1 is 1.57 bits per heavy atom. The molecular formula is C11H21NO2. The Morgan fingerprint density at radius 2 is 2.29 bits per heavy atom. The molecule has 0 aromatic rings. The van der Waals surface area contributed by atoms with Gasteiger partial charge in [0.05, 0.1) is 6.10 Å². The molecule has 3 heteroatoms. The molecule has 1 fully saturated rings. The number of carbonyl (C=O) groups is 1. The van der Waals surface area contributed by atoms with Crippen LogP contribution in [0.2, 0.25) is 0 Å². The van der Waals surface area contributed by atoms with E-state index in [0.29, 0.717) is 6.10 Å². The fourth-order valence-electron chi connectivity index (χ4n) is 1.96. The molecule has 14 heavy (non-hydrogen) atoms. The quantitative estimate of drug-likeness (QED) is 0.640. The minimum atomic E-state index is -0.227. The van der Waals surface area contributed by atoms with E-state index in [1.54, 1.807) is 7.11 Å². The van der Waals surface area contributed by atoms with E-state index < -0.39 is 0 Å². The highest BCUT2D eigenvalue weighted by atomic mass is 16.5. The molecular weight excluding hydrogens is 178 g/mol. The Hall–Kier alpha value is -0.410. The topological polar surface area (TPSA) is 29.5 Å². The standard InChI is InChI=1S/C11H21NO2/c1-11(2,9-13)8-12-6-4-5-10(7-12)14-3/h9-10H,4-8H2,1-3H3. The lowest BCUT2D eigenvalue weighted by atomic mass is 9.94. The molecule has 0 amide bonds. The van der Waals surface area contributed by atoms with E-state index in [2.05, 4.69) is 4.90 Å². The van der Waals surface area contributed by atoms with Crippen LogP contribution in [0.15, 0.2) is 0 Å². The summed E-state index contributed by atoms with van der Waals surface area (Å²) in [5.41, 5.74) is -0.227. The van der Waals surface area contributed by atoms with E-state index in [0.717, 1.165) is 32.3 Å². The zero-order valence-corrected chi connectivity index (χ0v) is 9.45. The van der Waals surface area contributed by atoms with E-state index in [9.17, 15) is 4.79 Å². The van der Waals surface area contributed by atoms with Gasteiger partial charge in [0.1, 0.15) is 6.29 Å². The second-order valence-electron chi connectivity index (χ2n) is 4.84. The average molecular weight is 199 g/mol. The largest absolute Gasteiger partial charge is 0.380 e. The smallest absolute Gasteiger partial charge is 0.126 e. The summed E-state index contributed by atoms with van der Waals surface area (Å²) >= 11 is 0. The van der Waals surface area contributed by atoms with Gasteiger partial charge in [-0.3, -0.25) is 4.90 Å². The number of methoxy groups -OCH3 is 1. The predicted octanol–water partition coefficient (Wildman–Crippen LogP) is 1.32. The average Bonchev–Trinajstić information content (AvgIpc) is 2.17. The van der Waals surface area contributed by atoms with E-state index in [1.165, 1.54) is 6.42 Å². The highest BCUT2D eigenvalue weighted by Crippen LogP contribution is 2.18. The normalized spacial score (nSPS) is 24.9. The van der Waals surface area contributed by atoms with Crippen LogP contribution in [-0.4, -0.2) is 44.0 Å².